The molecule has 0 saturated carbocycles. The van der Waals surface area contributed by atoms with Crippen LogP contribution in [0.25, 0.3) is 0 Å². The van der Waals surface area contributed by atoms with Crippen LogP contribution < -0.4 is 24.3 Å². The first kappa shape index (κ1) is 29.8. The normalized spacial score (nSPS) is 12.6. The highest BCUT2D eigenvalue weighted by atomic mass is 16.7. The second-order valence-electron chi connectivity index (χ2n) is 10.9. The van der Waals surface area contributed by atoms with Crippen LogP contribution in [0.5, 0.6) is 23.0 Å². The third-order valence-corrected chi connectivity index (χ3v) is 7.75. The predicted molar refractivity (Wildman–Crippen MR) is 171 cm³/mol. The highest BCUT2D eigenvalue weighted by molar-refractivity contribution is 5.91. The molecule has 1 atom stereocenters. The maximum absolute atomic E-state index is 13.5. The van der Waals surface area contributed by atoms with E-state index in [1.165, 1.54) is 0 Å². The summed E-state index contributed by atoms with van der Waals surface area (Å²) in [5, 5.41) is 3.19. The summed E-state index contributed by atoms with van der Waals surface area (Å²) in [5.74, 6) is 3.51. The fourth-order valence-corrected chi connectivity index (χ4v) is 5.52. The molecule has 1 unspecified atom stereocenters. The Kier molecular flexibility index (Phi) is 9.32. The molecule has 8 nitrogen and oxygen atoms in total. The van der Waals surface area contributed by atoms with Gasteiger partial charge in [-0.3, -0.25) is 9.69 Å². The molecule has 1 N–H and O–H groups in total. The van der Waals surface area contributed by atoms with Crippen molar-refractivity contribution in [2.24, 2.45) is 0 Å². The number of benzene rings is 4. The van der Waals surface area contributed by atoms with E-state index in [1.54, 1.807) is 20.3 Å². The van der Waals surface area contributed by atoms with Crippen molar-refractivity contribution in [1.29, 1.82) is 0 Å². The van der Waals surface area contributed by atoms with E-state index >= 15 is 0 Å². The van der Waals surface area contributed by atoms with Crippen LogP contribution in [0.2, 0.25) is 0 Å². The minimum Gasteiger partial charge on any atom is -0.493 e. The molecule has 0 bridgehead atoms. The number of fused-ring (bicyclic) bond motifs is 1. The van der Waals surface area contributed by atoms with Gasteiger partial charge in [0.15, 0.2) is 28.8 Å². The highest BCUT2D eigenvalue weighted by Gasteiger charge is 2.21. The number of amides is 1. The van der Waals surface area contributed by atoms with E-state index in [0.29, 0.717) is 43.3 Å². The zero-order valence-corrected chi connectivity index (χ0v) is 25.4. The topological polar surface area (TPSA) is 82.4 Å². The van der Waals surface area contributed by atoms with Gasteiger partial charge in [0.1, 0.15) is 5.76 Å². The lowest BCUT2D eigenvalue weighted by molar-refractivity contribution is 0.0903. The van der Waals surface area contributed by atoms with E-state index in [0.717, 1.165) is 33.8 Å². The Bertz CT molecular complexity index is 1720. The molecule has 2 heterocycles. The van der Waals surface area contributed by atoms with Crippen molar-refractivity contribution in [1.82, 2.24) is 10.2 Å². The molecule has 45 heavy (non-hydrogen) atoms. The summed E-state index contributed by atoms with van der Waals surface area (Å²) in [4.78, 5) is 15.7. The zero-order valence-electron chi connectivity index (χ0n) is 25.4. The second kappa shape index (κ2) is 14.1. The average molecular weight is 605 g/mol. The molecule has 0 fully saturated rings. The van der Waals surface area contributed by atoms with Crippen LogP contribution in [0.15, 0.2) is 114 Å². The first-order valence-corrected chi connectivity index (χ1v) is 14.9. The van der Waals surface area contributed by atoms with E-state index in [2.05, 4.69) is 22.3 Å². The number of carbonyl (C=O) groups excluding carboxylic acids is 1. The van der Waals surface area contributed by atoms with Gasteiger partial charge in [-0.05, 0) is 65.1 Å². The van der Waals surface area contributed by atoms with Gasteiger partial charge >= 0.3 is 0 Å². The molecule has 0 spiro atoms. The lowest BCUT2D eigenvalue weighted by Gasteiger charge is -2.22. The first-order valence-electron chi connectivity index (χ1n) is 14.9. The van der Waals surface area contributed by atoms with E-state index in [1.807, 2.05) is 91.0 Å². The highest BCUT2D eigenvalue weighted by Crippen LogP contribution is 2.34. The van der Waals surface area contributed by atoms with Gasteiger partial charge in [0.2, 0.25) is 6.79 Å². The summed E-state index contributed by atoms with van der Waals surface area (Å²) in [6.07, 6.45) is 0.665. The molecule has 4 aromatic carbocycles. The van der Waals surface area contributed by atoms with Crippen molar-refractivity contribution in [3.05, 3.63) is 143 Å². The number of rotatable bonds is 13. The number of methoxy groups -OCH3 is 2. The summed E-state index contributed by atoms with van der Waals surface area (Å²) in [6.45, 7) is 1.91. The number of carbonyl (C=O) groups is 1. The maximum Gasteiger partial charge on any atom is 0.287 e. The van der Waals surface area contributed by atoms with Gasteiger partial charge in [0, 0.05) is 13.1 Å². The lowest BCUT2D eigenvalue weighted by Crippen LogP contribution is -2.29. The molecule has 6 rings (SSSR count). The SMILES string of the molecule is COc1ccc(CN(Cc2ccc3c(c2)OCO3)Cc2ccc(C(=O)NC(Cc3ccccc3)c3ccccc3)o2)cc1OC. The van der Waals surface area contributed by atoms with Gasteiger partial charge in [0.05, 0.1) is 26.8 Å². The molecule has 1 aromatic heterocycles. The van der Waals surface area contributed by atoms with E-state index in [4.69, 9.17) is 23.4 Å². The van der Waals surface area contributed by atoms with Gasteiger partial charge in [-0.15, -0.1) is 0 Å². The summed E-state index contributed by atoms with van der Waals surface area (Å²) < 4.78 is 28.2. The van der Waals surface area contributed by atoms with E-state index in [-0.39, 0.29) is 24.5 Å². The fraction of sp³-hybridized carbons (Fsp3) is 0.216. The maximum atomic E-state index is 13.5. The summed E-state index contributed by atoms with van der Waals surface area (Å²) in [7, 11) is 3.25. The van der Waals surface area contributed by atoms with Crippen LogP contribution in [-0.4, -0.2) is 31.8 Å². The molecular formula is C37H36N2O6. The molecule has 230 valence electrons. The third-order valence-electron chi connectivity index (χ3n) is 7.75. The molecule has 5 aromatic rings. The van der Waals surface area contributed by atoms with Crippen LogP contribution in [0.3, 0.4) is 0 Å². The molecule has 0 radical (unpaired) electrons. The Labute approximate surface area is 263 Å². The number of hydrogen-bond acceptors (Lipinski definition) is 7. The summed E-state index contributed by atoms with van der Waals surface area (Å²) in [5.41, 5.74) is 4.29. The van der Waals surface area contributed by atoms with Crippen molar-refractivity contribution in [3.8, 4) is 23.0 Å². The smallest absolute Gasteiger partial charge is 0.287 e. The number of furan rings is 1. The molecule has 0 aliphatic carbocycles. The summed E-state index contributed by atoms with van der Waals surface area (Å²) in [6, 6.07) is 35.4. The van der Waals surface area contributed by atoms with Crippen LogP contribution in [0, 0.1) is 0 Å². The van der Waals surface area contributed by atoms with Crippen LogP contribution in [0.1, 0.15) is 44.6 Å². The minimum absolute atomic E-state index is 0.206. The van der Waals surface area contributed by atoms with E-state index < -0.39 is 0 Å². The van der Waals surface area contributed by atoms with Crippen molar-refractivity contribution in [3.63, 3.8) is 0 Å². The Balaban J connectivity index is 1.20. The molecule has 1 amide bonds. The largest absolute Gasteiger partial charge is 0.493 e. The Morgan fingerprint density at radius 1 is 0.733 bits per heavy atom. The van der Waals surface area contributed by atoms with Crippen LogP contribution in [-0.2, 0) is 26.1 Å². The van der Waals surface area contributed by atoms with Gasteiger partial charge in [0.25, 0.3) is 5.91 Å². The van der Waals surface area contributed by atoms with Gasteiger partial charge < -0.3 is 28.7 Å². The lowest BCUT2D eigenvalue weighted by atomic mass is 9.99. The van der Waals surface area contributed by atoms with Crippen molar-refractivity contribution in [2.75, 3.05) is 21.0 Å². The molecular weight excluding hydrogens is 568 g/mol. The van der Waals surface area contributed by atoms with Crippen LogP contribution in [0.4, 0.5) is 0 Å². The Hall–Kier alpha value is -5.21. The number of ether oxygens (including phenoxy) is 4. The van der Waals surface area contributed by atoms with Gasteiger partial charge in [-0.25, -0.2) is 0 Å². The van der Waals surface area contributed by atoms with Gasteiger partial charge in [-0.1, -0.05) is 72.8 Å². The zero-order chi connectivity index (χ0) is 31.0. The third kappa shape index (κ3) is 7.48. The number of nitrogens with zero attached hydrogens (tertiary/aromatic N) is 1. The second-order valence-corrected chi connectivity index (χ2v) is 10.9. The Morgan fingerprint density at radius 3 is 2.18 bits per heavy atom. The number of nitrogens with one attached hydrogen (secondary N) is 1. The molecule has 8 heteroatoms. The van der Waals surface area contributed by atoms with Gasteiger partial charge in [-0.2, -0.15) is 0 Å². The van der Waals surface area contributed by atoms with E-state index in [9.17, 15) is 4.79 Å². The monoisotopic (exact) mass is 604 g/mol. The fourth-order valence-electron chi connectivity index (χ4n) is 5.52. The quantitative estimate of drug-likeness (QED) is 0.156. The van der Waals surface area contributed by atoms with Crippen LogP contribution >= 0.6 is 0 Å². The van der Waals surface area contributed by atoms with Crippen molar-refractivity contribution in [2.45, 2.75) is 32.1 Å². The standard InChI is InChI=1S/C37H36N2O6/c1-41-32-16-13-27(20-35(32)42-2)22-39(23-28-14-17-33-36(21-28)44-25-43-33)24-30-15-18-34(45-30)37(40)38-31(29-11-7-4-8-12-29)19-26-9-5-3-6-10-26/h3-18,20-21,31H,19,22-25H2,1-2H3,(H,38,40). The minimum atomic E-state index is -0.256. The van der Waals surface area contributed by atoms with Crippen molar-refractivity contribution < 1.29 is 28.2 Å². The predicted octanol–water partition coefficient (Wildman–Crippen LogP) is 6.94. The summed E-state index contributed by atoms with van der Waals surface area (Å²) >= 11 is 0. The average Bonchev–Trinajstić information content (AvgIpc) is 3.75. The first-order chi connectivity index (χ1) is 22.1. The Morgan fingerprint density at radius 2 is 1.42 bits per heavy atom. The number of hydrogen-bond donors (Lipinski definition) is 1. The van der Waals surface area contributed by atoms with Crippen molar-refractivity contribution >= 4 is 5.91 Å². The molecule has 0 saturated heterocycles. The molecule has 1 aliphatic rings. The molecule has 1 aliphatic heterocycles.